The topological polar surface area (TPSA) is 78.4 Å². The fraction of sp³-hybridized carbons (Fsp3) is 0.143. The summed E-state index contributed by atoms with van der Waals surface area (Å²) in [4.78, 5) is 9.78. The molecule has 0 radical (unpaired) electrons. The lowest BCUT2D eigenvalue weighted by atomic mass is 10.3. The van der Waals surface area contributed by atoms with Crippen molar-refractivity contribution in [1.82, 2.24) is 0 Å². The van der Waals surface area contributed by atoms with Gasteiger partial charge in [-0.25, -0.2) is 0 Å². The lowest BCUT2D eigenvalue weighted by molar-refractivity contribution is -0.388. The van der Waals surface area contributed by atoms with Crippen molar-refractivity contribution in [3.63, 3.8) is 0 Å². The first-order valence-corrected chi connectivity index (χ1v) is 4.62. The van der Waals surface area contributed by atoms with E-state index in [2.05, 4.69) is 4.74 Å². The van der Waals surface area contributed by atoms with Gasteiger partial charge in [0.15, 0.2) is 0 Å². The number of nitro groups is 1. The molecule has 0 unspecified atom stereocenters. The van der Waals surface area contributed by atoms with Gasteiger partial charge in [0.1, 0.15) is 0 Å². The Hall–Kier alpha value is -1.48. The molecule has 0 saturated heterocycles. The maximum absolute atomic E-state index is 11.9. The fourth-order valence-corrected chi connectivity index (χ4v) is 1.25. The average molecular weight is 254 g/mol. The number of rotatable bonds is 3. The molecule has 0 spiro atoms. The smallest absolute Gasteiger partial charge is 0.398 e. The first-order valence-electron chi connectivity index (χ1n) is 3.74. The van der Waals surface area contributed by atoms with E-state index in [0.717, 1.165) is 12.1 Å². The summed E-state index contributed by atoms with van der Waals surface area (Å²) in [5, 5.41) is 15.6. The number of hydrogen-bond acceptors (Lipinski definition) is 5. The molecule has 5 nitrogen and oxygen atoms in total. The first-order chi connectivity index (χ1) is 7.33. The second kappa shape index (κ2) is 4.58. The van der Waals surface area contributed by atoms with E-state index in [-0.39, 0.29) is 4.90 Å². The number of hydrogen-bond donors (Lipinski definition) is 1. The quantitative estimate of drug-likeness (QED) is 0.509. The predicted molar refractivity (Wildman–Crippen MR) is 49.8 cm³/mol. The van der Waals surface area contributed by atoms with Crippen LogP contribution < -0.4 is 9.88 Å². The van der Waals surface area contributed by atoms with Crippen LogP contribution in [0.15, 0.2) is 23.1 Å². The van der Waals surface area contributed by atoms with E-state index >= 15 is 0 Å². The van der Waals surface area contributed by atoms with Gasteiger partial charge in [0, 0.05) is 11.0 Å². The van der Waals surface area contributed by atoms with Crippen molar-refractivity contribution in [2.24, 2.45) is 5.14 Å². The van der Waals surface area contributed by atoms with Gasteiger partial charge in [0.25, 0.3) is 0 Å². The molecule has 0 bridgehead atoms. The lowest BCUT2D eigenvalue weighted by Gasteiger charge is -2.09. The van der Waals surface area contributed by atoms with E-state index in [9.17, 15) is 23.3 Å². The molecule has 0 aliphatic carbocycles. The maximum Gasteiger partial charge on any atom is 0.573 e. The van der Waals surface area contributed by atoms with Crippen molar-refractivity contribution in [3.05, 3.63) is 28.3 Å². The SMILES string of the molecule is NSc1ccc(OC(F)(F)F)c([N+](=O)[O-])c1. The molecule has 0 amide bonds. The molecule has 88 valence electrons. The number of benzene rings is 1. The molecule has 0 atom stereocenters. The van der Waals surface area contributed by atoms with Gasteiger partial charge in [0.2, 0.25) is 5.75 Å². The summed E-state index contributed by atoms with van der Waals surface area (Å²) in [6, 6.07) is 2.95. The Morgan fingerprint density at radius 3 is 2.50 bits per heavy atom. The highest BCUT2D eigenvalue weighted by Crippen LogP contribution is 2.34. The van der Waals surface area contributed by atoms with Crippen molar-refractivity contribution in [1.29, 1.82) is 0 Å². The number of nitrogens with two attached hydrogens (primary N) is 1. The predicted octanol–water partition coefficient (Wildman–Crippen LogP) is 2.46. The molecule has 1 rings (SSSR count). The van der Waals surface area contributed by atoms with Gasteiger partial charge in [0.05, 0.1) is 4.92 Å². The van der Waals surface area contributed by atoms with Crippen LogP contribution >= 0.6 is 11.9 Å². The van der Waals surface area contributed by atoms with Gasteiger partial charge in [-0.15, -0.1) is 13.2 Å². The van der Waals surface area contributed by atoms with Gasteiger partial charge in [-0.05, 0) is 24.1 Å². The van der Waals surface area contributed by atoms with Crippen molar-refractivity contribution in [3.8, 4) is 5.75 Å². The van der Waals surface area contributed by atoms with Crippen LogP contribution in [-0.4, -0.2) is 11.3 Å². The monoisotopic (exact) mass is 254 g/mol. The summed E-state index contributed by atoms with van der Waals surface area (Å²) in [6.45, 7) is 0. The molecule has 16 heavy (non-hydrogen) atoms. The Labute approximate surface area is 91.7 Å². The average Bonchev–Trinajstić information content (AvgIpc) is 2.15. The number of nitrogens with zero attached hydrogens (tertiary/aromatic N) is 1. The third kappa shape index (κ3) is 3.28. The van der Waals surface area contributed by atoms with Crippen LogP contribution in [0.5, 0.6) is 5.75 Å². The Balaban J connectivity index is 3.13. The minimum Gasteiger partial charge on any atom is -0.398 e. The molecular formula is C7H5F3N2O3S. The summed E-state index contributed by atoms with van der Waals surface area (Å²) in [6.07, 6.45) is -4.97. The molecule has 0 aliphatic rings. The van der Waals surface area contributed by atoms with Crippen molar-refractivity contribution in [2.75, 3.05) is 0 Å². The van der Waals surface area contributed by atoms with Crippen LogP contribution in [0.25, 0.3) is 0 Å². The number of ether oxygens (including phenoxy) is 1. The molecule has 0 aromatic heterocycles. The second-order valence-electron chi connectivity index (χ2n) is 2.55. The van der Waals surface area contributed by atoms with E-state index in [1.165, 1.54) is 6.07 Å². The molecule has 0 heterocycles. The third-order valence-electron chi connectivity index (χ3n) is 1.49. The summed E-state index contributed by atoms with van der Waals surface area (Å²) in [7, 11) is 0. The van der Waals surface area contributed by atoms with Crippen molar-refractivity contribution < 1.29 is 22.8 Å². The normalized spacial score (nSPS) is 11.2. The first kappa shape index (κ1) is 12.6. The number of nitro benzene ring substituents is 1. The largest absolute Gasteiger partial charge is 0.573 e. The van der Waals surface area contributed by atoms with Gasteiger partial charge < -0.3 is 4.74 Å². The molecule has 2 N–H and O–H groups in total. The Morgan fingerprint density at radius 1 is 1.44 bits per heavy atom. The van der Waals surface area contributed by atoms with E-state index in [0.29, 0.717) is 11.9 Å². The van der Waals surface area contributed by atoms with Gasteiger partial charge in [-0.3, -0.25) is 15.3 Å². The molecule has 1 aromatic carbocycles. The number of halogens is 3. The van der Waals surface area contributed by atoms with Crippen LogP contribution in [0.3, 0.4) is 0 Å². The molecule has 1 aromatic rings. The highest BCUT2D eigenvalue weighted by atomic mass is 32.2. The maximum atomic E-state index is 11.9. The standard InChI is InChI=1S/C7H5F3N2O3S/c8-7(9,10)15-6-2-1-4(16-11)3-5(6)12(13)14/h1-3H,11H2. The third-order valence-corrected chi connectivity index (χ3v) is 2.01. The van der Waals surface area contributed by atoms with E-state index in [1.807, 2.05) is 0 Å². The van der Waals surface area contributed by atoms with E-state index in [4.69, 9.17) is 5.14 Å². The molecule has 0 saturated carbocycles. The molecule has 0 aliphatic heterocycles. The molecule has 9 heteroatoms. The Morgan fingerprint density at radius 2 is 2.06 bits per heavy atom. The summed E-state index contributed by atoms with van der Waals surface area (Å²) in [5.74, 6) is -0.865. The van der Waals surface area contributed by atoms with Crippen LogP contribution in [0, 0.1) is 10.1 Å². The minimum atomic E-state index is -4.97. The van der Waals surface area contributed by atoms with Crippen LogP contribution in [0.2, 0.25) is 0 Å². The van der Waals surface area contributed by atoms with Gasteiger partial charge >= 0.3 is 12.0 Å². The second-order valence-corrected chi connectivity index (χ2v) is 3.26. The van der Waals surface area contributed by atoms with Crippen molar-refractivity contribution in [2.45, 2.75) is 11.3 Å². The Bertz CT molecular complexity index is 410. The highest BCUT2D eigenvalue weighted by Gasteiger charge is 2.34. The zero-order valence-electron chi connectivity index (χ0n) is 7.52. The van der Waals surface area contributed by atoms with Crippen LogP contribution in [0.1, 0.15) is 0 Å². The van der Waals surface area contributed by atoms with Crippen LogP contribution in [0.4, 0.5) is 18.9 Å². The minimum absolute atomic E-state index is 0.265. The number of alkyl halides is 3. The summed E-state index contributed by atoms with van der Waals surface area (Å²) >= 11 is 0.686. The van der Waals surface area contributed by atoms with Gasteiger partial charge in [-0.1, -0.05) is 0 Å². The van der Waals surface area contributed by atoms with Crippen LogP contribution in [-0.2, 0) is 0 Å². The lowest BCUT2D eigenvalue weighted by Crippen LogP contribution is -2.17. The highest BCUT2D eigenvalue weighted by molar-refractivity contribution is 7.97. The Kier molecular flexibility index (Phi) is 3.60. The van der Waals surface area contributed by atoms with Crippen molar-refractivity contribution >= 4 is 17.6 Å². The van der Waals surface area contributed by atoms with Gasteiger partial charge in [-0.2, -0.15) is 0 Å². The molecule has 0 fully saturated rings. The molecular weight excluding hydrogens is 249 g/mol. The fourth-order valence-electron chi connectivity index (χ4n) is 0.924. The summed E-state index contributed by atoms with van der Waals surface area (Å²) in [5.41, 5.74) is -0.784. The summed E-state index contributed by atoms with van der Waals surface area (Å²) < 4.78 is 39.2. The zero-order chi connectivity index (χ0) is 12.3. The zero-order valence-corrected chi connectivity index (χ0v) is 8.34. The van der Waals surface area contributed by atoms with E-state index < -0.39 is 22.7 Å². The van der Waals surface area contributed by atoms with E-state index in [1.54, 1.807) is 0 Å².